The van der Waals surface area contributed by atoms with Crippen molar-refractivity contribution < 1.29 is 0 Å². The summed E-state index contributed by atoms with van der Waals surface area (Å²) in [4.78, 5) is 8.15. The highest BCUT2D eigenvalue weighted by molar-refractivity contribution is 7.13. The number of nitrogens with two attached hydrogens (primary N) is 2. The first-order chi connectivity index (χ1) is 7.65. The highest BCUT2D eigenvalue weighted by atomic mass is 35.5. The molecule has 0 aliphatic carbocycles. The SMILES string of the molecule is Cl.NC(N)=Nc1nc(-c2ccc(Cl)cc2)cs1. The molecular formula is C10H10Cl2N4S. The minimum absolute atomic E-state index is 0. The molecular weight excluding hydrogens is 279 g/mol. The summed E-state index contributed by atoms with van der Waals surface area (Å²) < 4.78 is 0. The maximum absolute atomic E-state index is 5.80. The van der Waals surface area contributed by atoms with Gasteiger partial charge in [-0.3, -0.25) is 0 Å². The fourth-order valence-electron chi connectivity index (χ4n) is 1.18. The first kappa shape index (κ1) is 13.8. The van der Waals surface area contributed by atoms with Crippen LogP contribution in [0.4, 0.5) is 5.13 Å². The van der Waals surface area contributed by atoms with E-state index in [-0.39, 0.29) is 18.4 Å². The van der Waals surface area contributed by atoms with E-state index in [2.05, 4.69) is 9.98 Å². The molecule has 90 valence electrons. The smallest absolute Gasteiger partial charge is 0.212 e. The molecule has 4 N–H and O–H groups in total. The van der Waals surface area contributed by atoms with Gasteiger partial charge >= 0.3 is 0 Å². The van der Waals surface area contributed by atoms with Gasteiger partial charge in [-0.2, -0.15) is 4.99 Å². The van der Waals surface area contributed by atoms with Crippen molar-refractivity contribution in [2.24, 2.45) is 16.5 Å². The van der Waals surface area contributed by atoms with Crippen molar-refractivity contribution in [3.8, 4) is 11.3 Å². The van der Waals surface area contributed by atoms with Gasteiger partial charge in [-0.15, -0.1) is 23.7 Å². The molecule has 1 aromatic carbocycles. The highest BCUT2D eigenvalue weighted by Crippen LogP contribution is 2.27. The van der Waals surface area contributed by atoms with E-state index in [0.717, 1.165) is 11.3 Å². The van der Waals surface area contributed by atoms with Crippen LogP contribution >= 0.6 is 35.3 Å². The number of thiazole rings is 1. The molecule has 0 saturated heterocycles. The Morgan fingerprint density at radius 3 is 2.47 bits per heavy atom. The third kappa shape index (κ3) is 3.59. The summed E-state index contributed by atoms with van der Waals surface area (Å²) in [6, 6.07) is 7.43. The summed E-state index contributed by atoms with van der Waals surface area (Å²) in [7, 11) is 0. The zero-order chi connectivity index (χ0) is 11.5. The molecule has 0 bridgehead atoms. The fraction of sp³-hybridized carbons (Fsp3) is 0. The molecule has 0 spiro atoms. The maximum Gasteiger partial charge on any atom is 0.212 e. The van der Waals surface area contributed by atoms with E-state index in [4.69, 9.17) is 23.1 Å². The lowest BCUT2D eigenvalue weighted by Gasteiger charge is -1.95. The normalized spacial score (nSPS) is 9.47. The van der Waals surface area contributed by atoms with Crippen molar-refractivity contribution in [2.45, 2.75) is 0 Å². The predicted octanol–water partition coefficient (Wildman–Crippen LogP) is 2.79. The molecule has 7 heteroatoms. The van der Waals surface area contributed by atoms with Gasteiger partial charge in [-0.05, 0) is 12.1 Å². The third-order valence-electron chi connectivity index (χ3n) is 1.86. The van der Waals surface area contributed by atoms with Crippen molar-refractivity contribution in [1.82, 2.24) is 4.98 Å². The molecule has 0 amide bonds. The van der Waals surface area contributed by atoms with E-state index >= 15 is 0 Å². The van der Waals surface area contributed by atoms with E-state index in [1.807, 2.05) is 29.6 Å². The van der Waals surface area contributed by atoms with Gasteiger partial charge in [-0.25, -0.2) is 4.98 Å². The second-order valence-corrected chi connectivity index (χ2v) is 4.33. The molecule has 2 aromatic rings. The Balaban J connectivity index is 0.00000144. The van der Waals surface area contributed by atoms with Crippen molar-refractivity contribution in [2.75, 3.05) is 0 Å². The minimum atomic E-state index is 0. The van der Waals surface area contributed by atoms with Crippen LogP contribution in [0.3, 0.4) is 0 Å². The van der Waals surface area contributed by atoms with Gasteiger partial charge in [0.25, 0.3) is 0 Å². The molecule has 1 aromatic heterocycles. The van der Waals surface area contributed by atoms with Crippen LogP contribution in [0.2, 0.25) is 5.02 Å². The number of hydrogen-bond donors (Lipinski definition) is 2. The van der Waals surface area contributed by atoms with Crippen molar-refractivity contribution in [1.29, 1.82) is 0 Å². The van der Waals surface area contributed by atoms with Crippen LogP contribution in [0.15, 0.2) is 34.6 Å². The molecule has 0 radical (unpaired) electrons. The summed E-state index contributed by atoms with van der Waals surface area (Å²) >= 11 is 7.19. The third-order valence-corrected chi connectivity index (χ3v) is 2.84. The van der Waals surface area contributed by atoms with Crippen LogP contribution < -0.4 is 11.5 Å². The zero-order valence-electron chi connectivity index (χ0n) is 8.63. The molecule has 0 saturated carbocycles. The molecule has 0 aliphatic rings. The summed E-state index contributed by atoms with van der Waals surface area (Å²) in [6.07, 6.45) is 0. The van der Waals surface area contributed by atoms with Gasteiger partial charge < -0.3 is 11.5 Å². The molecule has 1 heterocycles. The van der Waals surface area contributed by atoms with E-state index in [9.17, 15) is 0 Å². The van der Waals surface area contributed by atoms with Gasteiger partial charge in [0.2, 0.25) is 5.13 Å². The zero-order valence-corrected chi connectivity index (χ0v) is 11.0. The highest BCUT2D eigenvalue weighted by Gasteiger charge is 2.03. The summed E-state index contributed by atoms with van der Waals surface area (Å²) in [5.74, 6) is 0.0111. The second-order valence-electron chi connectivity index (χ2n) is 3.06. The molecule has 0 unspecified atom stereocenters. The van der Waals surface area contributed by atoms with Crippen LogP contribution in [0, 0.1) is 0 Å². The number of guanidine groups is 1. The van der Waals surface area contributed by atoms with Crippen molar-refractivity contribution in [3.63, 3.8) is 0 Å². The van der Waals surface area contributed by atoms with Crippen molar-refractivity contribution in [3.05, 3.63) is 34.7 Å². The lowest BCUT2D eigenvalue weighted by Crippen LogP contribution is -2.21. The lowest BCUT2D eigenvalue weighted by atomic mass is 10.2. The molecule has 4 nitrogen and oxygen atoms in total. The quantitative estimate of drug-likeness (QED) is 0.659. The van der Waals surface area contributed by atoms with Crippen molar-refractivity contribution >= 4 is 46.4 Å². The number of rotatable bonds is 2. The molecule has 0 fully saturated rings. The second kappa shape index (κ2) is 5.86. The first-order valence-corrected chi connectivity index (χ1v) is 5.72. The van der Waals surface area contributed by atoms with Crippen LogP contribution in [-0.2, 0) is 0 Å². The Hall–Kier alpha value is -1.30. The Morgan fingerprint density at radius 2 is 1.88 bits per heavy atom. The number of aromatic nitrogens is 1. The van der Waals surface area contributed by atoms with Crippen LogP contribution in [-0.4, -0.2) is 10.9 Å². The Labute approximate surface area is 114 Å². The Bertz CT molecular complexity index is 517. The van der Waals surface area contributed by atoms with Gasteiger partial charge in [0.05, 0.1) is 5.69 Å². The molecule has 2 rings (SSSR count). The number of aliphatic imine (C=N–C) groups is 1. The van der Waals surface area contributed by atoms with E-state index in [1.54, 1.807) is 0 Å². The van der Waals surface area contributed by atoms with Crippen LogP contribution in [0.1, 0.15) is 0 Å². The van der Waals surface area contributed by atoms with Gasteiger partial charge in [0.1, 0.15) is 0 Å². The summed E-state index contributed by atoms with van der Waals surface area (Å²) in [6.45, 7) is 0. The predicted molar refractivity (Wildman–Crippen MR) is 75.3 cm³/mol. The number of hydrogen-bond acceptors (Lipinski definition) is 3. The van der Waals surface area contributed by atoms with Crippen LogP contribution in [0.5, 0.6) is 0 Å². The Morgan fingerprint density at radius 1 is 1.24 bits per heavy atom. The number of nitrogens with zero attached hydrogens (tertiary/aromatic N) is 2. The summed E-state index contributed by atoms with van der Waals surface area (Å²) in [5.41, 5.74) is 12.4. The van der Waals surface area contributed by atoms with E-state index in [1.165, 1.54) is 11.3 Å². The van der Waals surface area contributed by atoms with E-state index in [0.29, 0.717) is 10.2 Å². The first-order valence-electron chi connectivity index (χ1n) is 4.46. The topological polar surface area (TPSA) is 77.3 Å². The van der Waals surface area contributed by atoms with E-state index < -0.39 is 0 Å². The largest absolute Gasteiger partial charge is 0.370 e. The molecule has 0 aliphatic heterocycles. The fourth-order valence-corrected chi connectivity index (χ4v) is 2.02. The van der Waals surface area contributed by atoms with Gasteiger partial charge in [-0.1, -0.05) is 23.7 Å². The standard InChI is InChI=1S/C10H9ClN4S.ClH/c11-7-3-1-6(2-4-7)8-5-16-10(14-8)15-9(12)13;/h1-5H,(H4,12,13,14,15);1H. The average Bonchev–Trinajstić information content (AvgIpc) is 2.66. The monoisotopic (exact) mass is 288 g/mol. The molecule has 0 atom stereocenters. The van der Waals surface area contributed by atoms with Crippen LogP contribution in [0.25, 0.3) is 11.3 Å². The maximum atomic E-state index is 5.80. The lowest BCUT2D eigenvalue weighted by molar-refractivity contribution is 1.33. The van der Waals surface area contributed by atoms with Gasteiger partial charge in [0.15, 0.2) is 5.96 Å². The number of benzene rings is 1. The molecule has 17 heavy (non-hydrogen) atoms. The average molecular weight is 289 g/mol. The minimum Gasteiger partial charge on any atom is -0.370 e. The number of halogens is 2. The van der Waals surface area contributed by atoms with Gasteiger partial charge in [0, 0.05) is 16.0 Å². The Kier molecular flexibility index (Phi) is 4.74. The summed E-state index contributed by atoms with van der Waals surface area (Å²) in [5, 5.41) is 3.14.